The Balaban J connectivity index is 1.19. The van der Waals surface area contributed by atoms with E-state index in [1.165, 1.54) is 35.2 Å². The van der Waals surface area contributed by atoms with Crippen LogP contribution in [0.1, 0.15) is 52.7 Å². The van der Waals surface area contributed by atoms with Crippen molar-refractivity contribution in [1.82, 2.24) is 24.2 Å². The summed E-state index contributed by atoms with van der Waals surface area (Å²) in [5.41, 5.74) is 0.679. The van der Waals surface area contributed by atoms with E-state index in [1.54, 1.807) is 24.3 Å². The first kappa shape index (κ1) is 29.5. The fraction of sp³-hybridized carbons (Fsp3) is 0.250. The summed E-state index contributed by atoms with van der Waals surface area (Å²) in [5, 5.41) is 8.89. The highest BCUT2D eigenvalue weighted by Gasteiger charge is 2.22. The predicted molar refractivity (Wildman–Crippen MR) is 161 cm³/mol. The van der Waals surface area contributed by atoms with Crippen LogP contribution in [0.4, 0.5) is 8.78 Å². The second-order valence-electron chi connectivity index (χ2n) is 10.6. The molecule has 1 atom stereocenters. The molecule has 0 saturated carbocycles. The van der Waals surface area contributed by atoms with E-state index >= 15 is 4.39 Å². The topological polar surface area (TPSA) is 100 Å². The molecule has 3 aromatic heterocycles. The van der Waals surface area contributed by atoms with E-state index in [-0.39, 0.29) is 48.1 Å². The smallest absolute Gasteiger partial charge is 0.253 e. The predicted octanol–water partition coefficient (Wildman–Crippen LogP) is 5.02. The monoisotopic (exact) mass is 619 g/mol. The Morgan fingerprint density at radius 1 is 0.955 bits per heavy atom. The number of aromatic nitrogens is 4. The van der Waals surface area contributed by atoms with Crippen molar-refractivity contribution in [3.63, 3.8) is 0 Å². The van der Waals surface area contributed by atoms with Gasteiger partial charge < -0.3 is 19.2 Å². The van der Waals surface area contributed by atoms with E-state index in [0.29, 0.717) is 17.3 Å². The molecule has 4 heterocycles. The van der Waals surface area contributed by atoms with Crippen molar-refractivity contribution in [2.45, 2.75) is 45.1 Å². The molecule has 1 N–H and O–H groups in total. The molecular weight excluding hydrogens is 592 g/mol. The number of halogens is 3. The van der Waals surface area contributed by atoms with Gasteiger partial charge in [-0.2, -0.15) is 5.10 Å². The molecule has 5 aromatic rings. The molecule has 44 heavy (non-hydrogen) atoms. The van der Waals surface area contributed by atoms with Gasteiger partial charge in [0.15, 0.2) is 6.23 Å². The molecule has 1 aliphatic heterocycles. The Labute approximate surface area is 255 Å². The van der Waals surface area contributed by atoms with Crippen molar-refractivity contribution in [2.75, 3.05) is 6.61 Å². The van der Waals surface area contributed by atoms with Gasteiger partial charge in [-0.05, 0) is 61.7 Å². The van der Waals surface area contributed by atoms with Crippen molar-refractivity contribution in [3.8, 4) is 0 Å². The van der Waals surface area contributed by atoms with Gasteiger partial charge in [0.1, 0.15) is 11.6 Å². The summed E-state index contributed by atoms with van der Waals surface area (Å²) in [4.78, 5) is 37.7. The first-order chi connectivity index (χ1) is 21.3. The molecule has 1 amide bonds. The lowest BCUT2D eigenvalue weighted by molar-refractivity contribution is -0.0369. The lowest BCUT2D eigenvalue weighted by Crippen LogP contribution is -2.27. The number of carbonyl (C=O) groups is 1. The number of fused-ring (bicyclic) bond motifs is 1. The van der Waals surface area contributed by atoms with E-state index in [0.717, 1.165) is 46.9 Å². The van der Waals surface area contributed by atoms with Gasteiger partial charge in [0.2, 0.25) is 0 Å². The number of nitrogens with zero attached hydrogens (tertiary/aromatic N) is 4. The number of hydrogen-bond donors (Lipinski definition) is 1. The van der Waals surface area contributed by atoms with Crippen molar-refractivity contribution >= 4 is 28.4 Å². The first-order valence-corrected chi connectivity index (χ1v) is 14.5. The summed E-state index contributed by atoms with van der Waals surface area (Å²) in [5.74, 6) is -1.94. The van der Waals surface area contributed by atoms with Crippen LogP contribution < -0.4 is 16.4 Å². The van der Waals surface area contributed by atoms with Crippen molar-refractivity contribution in [2.24, 2.45) is 0 Å². The molecule has 1 aliphatic rings. The number of hydrogen-bond acceptors (Lipinski definition) is 5. The van der Waals surface area contributed by atoms with Crippen LogP contribution in [0.3, 0.4) is 0 Å². The van der Waals surface area contributed by atoms with Crippen LogP contribution in [-0.2, 0) is 24.4 Å². The third-order valence-electron chi connectivity index (χ3n) is 7.63. The second kappa shape index (κ2) is 12.6. The van der Waals surface area contributed by atoms with E-state index in [1.807, 2.05) is 10.7 Å². The van der Waals surface area contributed by atoms with Crippen LogP contribution in [0.15, 0.2) is 82.6 Å². The van der Waals surface area contributed by atoms with Crippen LogP contribution in [0.5, 0.6) is 0 Å². The van der Waals surface area contributed by atoms with Gasteiger partial charge in [0.25, 0.3) is 17.0 Å². The number of rotatable bonds is 8. The lowest BCUT2D eigenvalue weighted by atomic mass is 10.1. The molecule has 2 aromatic carbocycles. The lowest BCUT2D eigenvalue weighted by Gasteiger charge is -2.23. The minimum atomic E-state index is -0.741. The standard InChI is InChI=1S/C32H28ClF2N5O4/c33-23-8-9-28-24(15-23)27(37-40(28)31-6-2-4-12-44-31)16-36-32(43)20-7-10-30(42)39(17-20)19-22-14-25(34)21(13-26(22)35)18-38-11-3-1-5-29(38)41/h1,3,5,7-11,13-15,17,31H,2,4,6,12,16,18-19H2,(H,36,43). The highest BCUT2D eigenvalue weighted by molar-refractivity contribution is 6.31. The summed E-state index contributed by atoms with van der Waals surface area (Å²) >= 11 is 6.26. The van der Waals surface area contributed by atoms with Gasteiger partial charge >= 0.3 is 0 Å². The molecule has 0 radical (unpaired) electrons. The third-order valence-corrected chi connectivity index (χ3v) is 7.87. The Bertz CT molecular complexity index is 1980. The number of ether oxygens (including phenoxy) is 1. The minimum Gasteiger partial charge on any atom is -0.356 e. The molecule has 1 fully saturated rings. The van der Waals surface area contributed by atoms with Gasteiger partial charge in [-0.3, -0.25) is 14.4 Å². The molecule has 0 spiro atoms. The van der Waals surface area contributed by atoms with Crippen molar-refractivity contribution in [3.05, 3.63) is 133 Å². The largest absolute Gasteiger partial charge is 0.356 e. The molecule has 1 unspecified atom stereocenters. The SMILES string of the molecule is O=C(NCc1nn(C2CCCCO2)c2ccc(Cl)cc12)c1ccc(=O)n(Cc2cc(F)c(Cn3ccccc3=O)cc2F)c1. The fourth-order valence-corrected chi connectivity index (χ4v) is 5.50. The average molecular weight is 620 g/mol. The van der Waals surface area contributed by atoms with Gasteiger partial charge in [-0.15, -0.1) is 0 Å². The summed E-state index contributed by atoms with van der Waals surface area (Å²) in [6, 6.07) is 14.5. The second-order valence-corrected chi connectivity index (χ2v) is 11.1. The zero-order chi connectivity index (χ0) is 30.8. The molecule has 6 rings (SSSR count). The molecule has 12 heteroatoms. The number of nitrogens with one attached hydrogen (secondary N) is 1. The number of benzene rings is 2. The highest BCUT2D eigenvalue weighted by atomic mass is 35.5. The average Bonchev–Trinajstić information content (AvgIpc) is 3.38. The number of carbonyl (C=O) groups excluding carboxylic acids is 1. The maximum absolute atomic E-state index is 15.0. The van der Waals surface area contributed by atoms with Crippen molar-refractivity contribution in [1.29, 1.82) is 0 Å². The molecule has 0 aliphatic carbocycles. The summed E-state index contributed by atoms with van der Waals surface area (Å²) < 4.78 is 40.1. The first-order valence-electron chi connectivity index (χ1n) is 14.2. The van der Waals surface area contributed by atoms with E-state index < -0.39 is 23.1 Å². The Kier molecular flexibility index (Phi) is 8.40. The summed E-state index contributed by atoms with van der Waals surface area (Å²) in [6.07, 6.45) is 5.43. The van der Waals surface area contributed by atoms with Crippen LogP contribution in [0, 0.1) is 11.6 Å². The number of amides is 1. The molecule has 1 saturated heterocycles. The maximum Gasteiger partial charge on any atom is 0.253 e. The Morgan fingerprint density at radius 3 is 2.43 bits per heavy atom. The third kappa shape index (κ3) is 6.20. The zero-order valence-electron chi connectivity index (χ0n) is 23.5. The number of pyridine rings is 2. The van der Waals surface area contributed by atoms with Gasteiger partial charge in [0, 0.05) is 52.7 Å². The van der Waals surface area contributed by atoms with Gasteiger partial charge in [-0.1, -0.05) is 17.7 Å². The molecule has 9 nitrogen and oxygen atoms in total. The minimum absolute atomic E-state index is 0.00803. The summed E-state index contributed by atoms with van der Waals surface area (Å²) in [7, 11) is 0. The van der Waals surface area contributed by atoms with Crippen LogP contribution in [-0.4, -0.2) is 31.4 Å². The van der Waals surface area contributed by atoms with Gasteiger partial charge in [-0.25, -0.2) is 13.5 Å². The normalized spacial score (nSPS) is 15.0. The van der Waals surface area contributed by atoms with E-state index in [9.17, 15) is 18.8 Å². The van der Waals surface area contributed by atoms with E-state index in [4.69, 9.17) is 21.4 Å². The van der Waals surface area contributed by atoms with Crippen LogP contribution >= 0.6 is 11.6 Å². The molecule has 0 bridgehead atoms. The zero-order valence-corrected chi connectivity index (χ0v) is 24.3. The van der Waals surface area contributed by atoms with Gasteiger partial charge in [0.05, 0.1) is 36.4 Å². The summed E-state index contributed by atoms with van der Waals surface area (Å²) in [6.45, 7) is 0.284. The van der Waals surface area contributed by atoms with Crippen molar-refractivity contribution < 1.29 is 18.3 Å². The maximum atomic E-state index is 15.0. The van der Waals surface area contributed by atoms with E-state index in [2.05, 4.69) is 5.32 Å². The highest BCUT2D eigenvalue weighted by Crippen LogP contribution is 2.30. The van der Waals surface area contributed by atoms with Crippen LogP contribution in [0.2, 0.25) is 5.02 Å². The fourth-order valence-electron chi connectivity index (χ4n) is 5.33. The molecule has 226 valence electrons. The molecular formula is C32H28ClF2N5O4. The Morgan fingerprint density at radius 2 is 1.70 bits per heavy atom. The Hall–Kier alpha value is -4.61. The quantitative estimate of drug-likeness (QED) is 0.263. The van der Waals surface area contributed by atoms with Crippen LogP contribution in [0.25, 0.3) is 10.9 Å².